The first-order chi connectivity index (χ1) is 11.5. The van der Waals surface area contributed by atoms with Gasteiger partial charge in [-0.15, -0.1) is 0 Å². The Balaban J connectivity index is 2.74. The molecule has 6 heteroatoms. The summed E-state index contributed by atoms with van der Waals surface area (Å²) in [6, 6.07) is -0.537. The summed E-state index contributed by atoms with van der Waals surface area (Å²) >= 11 is 0. The summed E-state index contributed by atoms with van der Waals surface area (Å²) in [6.45, 7) is 12.0. The number of rotatable bonds is 8. The van der Waals surface area contributed by atoms with Gasteiger partial charge in [-0.2, -0.15) is 0 Å². The molecular weight excluding hydrogens is 336 g/mol. The molecule has 0 spiro atoms. The molecule has 0 aromatic rings. The van der Waals surface area contributed by atoms with Crippen LogP contribution in [0, 0.1) is 11.3 Å². The van der Waals surface area contributed by atoms with Gasteiger partial charge < -0.3 is 10.6 Å². The van der Waals surface area contributed by atoms with E-state index in [-0.39, 0.29) is 23.3 Å². The Kier molecular flexibility index (Phi) is 8.32. The van der Waals surface area contributed by atoms with Crippen LogP contribution in [0.5, 0.6) is 0 Å². The monoisotopic (exact) mass is 370 g/mol. The van der Waals surface area contributed by atoms with Gasteiger partial charge >= 0.3 is 0 Å². The predicted octanol–water partition coefficient (Wildman–Crippen LogP) is 2.54. The third kappa shape index (κ3) is 6.92. The van der Waals surface area contributed by atoms with Gasteiger partial charge in [0.2, 0.25) is 11.8 Å². The van der Waals surface area contributed by atoms with Gasteiger partial charge in [-0.05, 0) is 43.9 Å². The van der Waals surface area contributed by atoms with Crippen LogP contribution < -0.4 is 10.6 Å². The quantitative estimate of drug-likeness (QED) is 0.645. The van der Waals surface area contributed by atoms with E-state index in [1.807, 2.05) is 0 Å². The van der Waals surface area contributed by atoms with Crippen molar-refractivity contribution in [2.45, 2.75) is 71.9 Å². The molecular formula is C19H34N2O3S. The molecule has 0 aromatic carbocycles. The lowest BCUT2D eigenvalue weighted by molar-refractivity contribution is -0.128. The third-order valence-electron chi connectivity index (χ3n) is 5.46. The summed E-state index contributed by atoms with van der Waals surface area (Å²) in [5.41, 5.74) is 0.595. The van der Waals surface area contributed by atoms with Crippen LogP contribution in [0.4, 0.5) is 0 Å². The molecule has 4 atom stereocenters. The summed E-state index contributed by atoms with van der Waals surface area (Å²) in [5, 5.41) is 5.83. The predicted molar refractivity (Wildman–Crippen MR) is 104 cm³/mol. The molecule has 1 fully saturated rings. The molecule has 2 N–H and O–H groups in total. The minimum atomic E-state index is -1.01. The van der Waals surface area contributed by atoms with E-state index in [1.54, 1.807) is 13.2 Å². The van der Waals surface area contributed by atoms with Crippen LogP contribution in [0.15, 0.2) is 12.2 Å². The highest BCUT2D eigenvalue weighted by Gasteiger charge is 2.36. The van der Waals surface area contributed by atoms with Crippen LogP contribution in [0.25, 0.3) is 0 Å². The number of carbonyl (C=O) groups is 2. The van der Waals surface area contributed by atoms with Gasteiger partial charge in [-0.25, -0.2) is 0 Å². The summed E-state index contributed by atoms with van der Waals surface area (Å²) in [4.78, 5) is 24.6. The molecule has 1 aliphatic rings. The fourth-order valence-corrected chi connectivity index (χ4v) is 3.87. The van der Waals surface area contributed by atoms with Crippen LogP contribution in [0.1, 0.15) is 59.8 Å². The molecule has 0 aliphatic heterocycles. The van der Waals surface area contributed by atoms with E-state index in [0.717, 1.165) is 19.3 Å². The number of amides is 2. The largest absolute Gasteiger partial charge is 0.352 e. The molecule has 2 unspecified atom stereocenters. The zero-order valence-electron chi connectivity index (χ0n) is 16.3. The first kappa shape index (κ1) is 21.9. The lowest BCUT2D eigenvalue weighted by Gasteiger charge is -2.42. The van der Waals surface area contributed by atoms with Crippen molar-refractivity contribution in [3.05, 3.63) is 12.2 Å². The molecule has 0 bridgehead atoms. The molecule has 1 aliphatic carbocycles. The Morgan fingerprint density at radius 1 is 1.36 bits per heavy atom. The van der Waals surface area contributed by atoms with Crippen molar-refractivity contribution in [1.29, 1.82) is 0 Å². The minimum absolute atomic E-state index is 0.130. The molecule has 144 valence electrons. The molecule has 0 radical (unpaired) electrons. The molecule has 0 saturated heterocycles. The van der Waals surface area contributed by atoms with E-state index >= 15 is 0 Å². The normalized spacial score (nSPS) is 25.9. The molecule has 0 heterocycles. The van der Waals surface area contributed by atoms with Crippen molar-refractivity contribution in [3.8, 4) is 0 Å². The smallest absolute Gasteiger partial charge is 0.246 e. The maximum atomic E-state index is 12.7. The third-order valence-corrected chi connectivity index (χ3v) is 6.27. The van der Waals surface area contributed by atoms with Crippen LogP contribution in [-0.2, 0) is 20.4 Å². The van der Waals surface area contributed by atoms with Gasteiger partial charge in [0.15, 0.2) is 0 Å². The average molecular weight is 371 g/mol. The maximum Gasteiger partial charge on any atom is 0.246 e. The van der Waals surface area contributed by atoms with E-state index < -0.39 is 16.8 Å². The van der Waals surface area contributed by atoms with Crippen LogP contribution >= 0.6 is 0 Å². The van der Waals surface area contributed by atoms with E-state index in [9.17, 15) is 13.8 Å². The zero-order valence-corrected chi connectivity index (χ0v) is 17.1. The second-order valence-electron chi connectivity index (χ2n) is 7.98. The Hall–Kier alpha value is -1.17. The standard InChI is InChI=1S/C19H34N2O3S/c1-13(2)17(22)21-16(9-11-25(6)24)18(23)20-15-8-7-10-19(5,12-15)14(3)4/h14-16H,1,7-12H2,2-6H3,(H,20,23)(H,21,22)/t15-,16-,19?,25?/m0/s1. The zero-order chi connectivity index (χ0) is 19.2. The van der Waals surface area contributed by atoms with Crippen LogP contribution in [0.3, 0.4) is 0 Å². The maximum absolute atomic E-state index is 12.7. The minimum Gasteiger partial charge on any atom is -0.352 e. The van der Waals surface area contributed by atoms with Gasteiger partial charge in [-0.3, -0.25) is 13.8 Å². The Morgan fingerprint density at radius 2 is 2.00 bits per heavy atom. The van der Waals surface area contributed by atoms with Crippen molar-refractivity contribution >= 4 is 22.6 Å². The molecule has 2 amide bonds. The molecule has 0 aromatic heterocycles. The summed E-state index contributed by atoms with van der Waals surface area (Å²) < 4.78 is 11.4. The first-order valence-corrected chi connectivity index (χ1v) is 10.8. The Labute approximate surface area is 154 Å². The van der Waals surface area contributed by atoms with Crippen LogP contribution in [0.2, 0.25) is 0 Å². The lowest BCUT2D eigenvalue weighted by Crippen LogP contribution is -2.52. The summed E-state index contributed by atoms with van der Waals surface area (Å²) in [6.07, 6.45) is 6.17. The Bertz CT molecular complexity index is 533. The van der Waals surface area contributed by atoms with E-state index in [0.29, 0.717) is 23.7 Å². The van der Waals surface area contributed by atoms with Gasteiger partial charge in [0, 0.05) is 34.4 Å². The fourth-order valence-electron chi connectivity index (χ4n) is 3.30. The van der Waals surface area contributed by atoms with Gasteiger partial charge in [-0.1, -0.05) is 33.8 Å². The van der Waals surface area contributed by atoms with Crippen molar-refractivity contribution in [1.82, 2.24) is 10.6 Å². The number of hydrogen-bond acceptors (Lipinski definition) is 3. The number of hydrogen-bond donors (Lipinski definition) is 2. The van der Waals surface area contributed by atoms with Crippen molar-refractivity contribution in [2.75, 3.05) is 12.0 Å². The summed E-state index contributed by atoms with van der Waals surface area (Å²) in [5.74, 6) is 0.424. The average Bonchev–Trinajstić information content (AvgIpc) is 2.50. The number of nitrogens with one attached hydrogen (secondary N) is 2. The van der Waals surface area contributed by atoms with Crippen molar-refractivity contribution in [2.24, 2.45) is 11.3 Å². The first-order valence-electron chi connectivity index (χ1n) is 9.12. The molecule has 5 nitrogen and oxygen atoms in total. The lowest BCUT2D eigenvalue weighted by atomic mass is 9.67. The van der Waals surface area contributed by atoms with Gasteiger partial charge in [0.1, 0.15) is 6.04 Å². The highest BCUT2D eigenvalue weighted by atomic mass is 32.2. The molecule has 1 saturated carbocycles. The highest BCUT2D eigenvalue weighted by molar-refractivity contribution is 7.84. The van der Waals surface area contributed by atoms with Gasteiger partial charge in [0.05, 0.1) is 0 Å². The summed E-state index contributed by atoms with van der Waals surface area (Å²) in [7, 11) is -1.01. The second kappa shape index (κ2) is 9.51. The Morgan fingerprint density at radius 3 is 2.52 bits per heavy atom. The topological polar surface area (TPSA) is 75.3 Å². The van der Waals surface area contributed by atoms with Crippen molar-refractivity contribution in [3.63, 3.8) is 0 Å². The van der Waals surface area contributed by atoms with Crippen LogP contribution in [-0.4, -0.2) is 40.1 Å². The number of carbonyl (C=O) groups excluding carboxylic acids is 2. The second-order valence-corrected chi connectivity index (χ2v) is 9.54. The van der Waals surface area contributed by atoms with E-state index in [2.05, 4.69) is 38.0 Å². The fraction of sp³-hybridized carbons (Fsp3) is 0.789. The van der Waals surface area contributed by atoms with Gasteiger partial charge in [0.25, 0.3) is 0 Å². The SMILES string of the molecule is C=C(C)C(=O)N[C@@H](CCS(C)=O)C(=O)N[C@H]1CCCC(C)(C(C)C)C1. The molecule has 25 heavy (non-hydrogen) atoms. The van der Waals surface area contributed by atoms with Crippen molar-refractivity contribution < 1.29 is 13.8 Å². The van der Waals surface area contributed by atoms with E-state index in [4.69, 9.17) is 0 Å². The van der Waals surface area contributed by atoms with E-state index in [1.165, 1.54) is 6.42 Å². The molecule has 1 rings (SSSR count). The highest BCUT2D eigenvalue weighted by Crippen LogP contribution is 2.41.